The first kappa shape index (κ1) is 21.1. The van der Waals surface area contributed by atoms with E-state index in [0.717, 1.165) is 37.3 Å². The van der Waals surface area contributed by atoms with Gasteiger partial charge in [-0.25, -0.2) is 9.37 Å². The molecule has 0 radical (unpaired) electrons. The molecule has 1 aromatic carbocycles. The second-order valence-electron chi connectivity index (χ2n) is 7.68. The molecule has 6 nitrogen and oxygen atoms in total. The van der Waals surface area contributed by atoms with E-state index in [1.807, 2.05) is 32.3 Å². The Bertz CT molecular complexity index is 815. The minimum absolute atomic E-state index is 0.0678. The topological polar surface area (TPSA) is 63.5 Å². The van der Waals surface area contributed by atoms with Gasteiger partial charge in [-0.1, -0.05) is 6.07 Å². The van der Waals surface area contributed by atoms with Gasteiger partial charge in [0.25, 0.3) is 0 Å². The maximum absolute atomic E-state index is 14.3. The molecule has 1 atom stereocenters. The Kier molecular flexibility index (Phi) is 7.49. The number of nitrogens with one attached hydrogen (secondary N) is 2. The number of benzene rings is 1. The number of aliphatic imine (C=N–C) groups is 1. The fourth-order valence-electron chi connectivity index (χ4n) is 3.13. The van der Waals surface area contributed by atoms with E-state index in [1.54, 1.807) is 19.2 Å². The summed E-state index contributed by atoms with van der Waals surface area (Å²) in [7, 11) is 1.74. The van der Waals surface area contributed by atoms with Crippen LogP contribution in [0.15, 0.2) is 35.6 Å². The Balaban J connectivity index is 1.41. The molecule has 1 heterocycles. The highest BCUT2D eigenvalue weighted by Crippen LogP contribution is 2.30. The van der Waals surface area contributed by atoms with E-state index in [4.69, 9.17) is 4.74 Å². The Labute approximate surface area is 172 Å². The van der Waals surface area contributed by atoms with Crippen molar-refractivity contribution in [2.75, 3.05) is 20.2 Å². The summed E-state index contributed by atoms with van der Waals surface area (Å²) in [5, 5.41) is 6.65. The van der Waals surface area contributed by atoms with Gasteiger partial charge >= 0.3 is 0 Å². The smallest absolute Gasteiger partial charge is 0.191 e. The van der Waals surface area contributed by atoms with Crippen molar-refractivity contribution in [3.8, 4) is 5.75 Å². The van der Waals surface area contributed by atoms with E-state index in [2.05, 4.69) is 25.2 Å². The molecule has 1 fully saturated rings. The van der Waals surface area contributed by atoms with Crippen LogP contribution in [0.5, 0.6) is 5.75 Å². The molecule has 29 heavy (non-hydrogen) atoms. The van der Waals surface area contributed by atoms with Gasteiger partial charge in [0, 0.05) is 32.5 Å². The van der Waals surface area contributed by atoms with Crippen LogP contribution in [0, 0.1) is 18.7 Å². The molecule has 1 saturated carbocycles. The number of aromatic nitrogens is 2. The lowest BCUT2D eigenvalue weighted by Crippen LogP contribution is -2.39. The van der Waals surface area contributed by atoms with E-state index in [-0.39, 0.29) is 11.9 Å². The Morgan fingerprint density at radius 1 is 1.38 bits per heavy atom. The molecule has 0 saturated heterocycles. The van der Waals surface area contributed by atoms with E-state index in [1.165, 1.54) is 12.8 Å². The van der Waals surface area contributed by atoms with Crippen molar-refractivity contribution in [3.63, 3.8) is 0 Å². The maximum Gasteiger partial charge on any atom is 0.191 e. The quantitative estimate of drug-likeness (QED) is 0.361. The lowest BCUT2D eigenvalue weighted by atomic mass is 10.1. The molecule has 1 aliphatic rings. The highest BCUT2D eigenvalue weighted by atomic mass is 19.1. The van der Waals surface area contributed by atoms with Crippen LogP contribution in [0.2, 0.25) is 0 Å². The lowest BCUT2D eigenvalue weighted by molar-refractivity contribution is 0.285. The van der Waals surface area contributed by atoms with Crippen LogP contribution in [0.25, 0.3) is 0 Å². The zero-order chi connectivity index (χ0) is 20.6. The molecule has 1 unspecified atom stereocenters. The molecule has 3 rings (SSSR count). The van der Waals surface area contributed by atoms with Gasteiger partial charge < -0.3 is 19.9 Å². The first-order valence-electron chi connectivity index (χ1n) is 10.4. The summed E-state index contributed by atoms with van der Waals surface area (Å²) in [6.45, 7) is 6.40. The summed E-state index contributed by atoms with van der Waals surface area (Å²) in [4.78, 5) is 8.51. The number of ether oxygens (including phenoxy) is 1. The average Bonchev–Trinajstić information content (AvgIpc) is 3.46. The molecule has 2 aromatic rings. The van der Waals surface area contributed by atoms with Crippen molar-refractivity contribution in [3.05, 3.63) is 47.8 Å². The van der Waals surface area contributed by atoms with Crippen molar-refractivity contribution in [1.29, 1.82) is 0 Å². The fraction of sp³-hybridized carbons (Fsp3) is 0.545. The molecular weight excluding hydrogens is 369 g/mol. The third-order valence-electron chi connectivity index (χ3n) is 5.25. The minimum atomic E-state index is -0.311. The lowest BCUT2D eigenvalue weighted by Gasteiger charge is -2.19. The Morgan fingerprint density at radius 2 is 2.21 bits per heavy atom. The number of halogens is 1. The van der Waals surface area contributed by atoms with E-state index in [9.17, 15) is 4.39 Å². The van der Waals surface area contributed by atoms with Gasteiger partial charge in [-0.05, 0) is 63.1 Å². The zero-order valence-corrected chi connectivity index (χ0v) is 17.6. The molecule has 1 aromatic heterocycles. The predicted octanol–water partition coefficient (Wildman–Crippen LogP) is 3.83. The summed E-state index contributed by atoms with van der Waals surface area (Å²) < 4.78 is 22.1. The molecule has 7 heteroatoms. The van der Waals surface area contributed by atoms with Gasteiger partial charge in [0.2, 0.25) is 0 Å². The third kappa shape index (κ3) is 6.48. The highest BCUT2D eigenvalue weighted by Gasteiger charge is 2.22. The standard InChI is InChI=1S/C22H32FN5O/c1-16(19-8-9-21(20(23)14-19)29-15-18-6-7-18)27-22(24-3)26-10-4-5-12-28-13-11-25-17(28)2/h8-9,11,13-14,16,18H,4-7,10,12,15H2,1-3H3,(H2,24,26,27). The number of imidazole rings is 1. The van der Waals surface area contributed by atoms with Crippen LogP contribution in [0.4, 0.5) is 4.39 Å². The molecule has 2 N–H and O–H groups in total. The first-order chi connectivity index (χ1) is 14.1. The molecule has 158 valence electrons. The number of unbranched alkanes of at least 4 members (excludes halogenated alkanes) is 1. The molecule has 0 bridgehead atoms. The van der Waals surface area contributed by atoms with Gasteiger partial charge in [0.1, 0.15) is 5.82 Å². The maximum atomic E-state index is 14.3. The monoisotopic (exact) mass is 401 g/mol. The van der Waals surface area contributed by atoms with Crippen LogP contribution in [0.3, 0.4) is 0 Å². The SMILES string of the molecule is CN=C(NCCCCn1ccnc1C)NC(C)c1ccc(OCC2CC2)c(F)c1. The van der Waals surface area contributed by atoms with E-state index >= 15 is 0 Å². The van der Waals surface area contributed by atoms with Gasteiger partial charge in [-0.3, -0.25) is 4.99 Å². The number of rotatable bonds is 10. The Hall–Kier alpha value is -2.57. The predicted molar refractivity (Wildman–Crippen MR) is 114 cm³/mol. The largest absolute Gasteiger partial charge is 0.490 e. The van der Waals surface area contributed by atoms with Crippen LogP contribution < -0.4 is 15.4 Å². The van der Waals surface area contributed by atoms with Crippen LogP contribution >= 0.6 is 0 Å². The minimum Gasteiger partial charge on any atom is -0.490 e. The van der Waals surface area contributed by atoms with Gasteiger partial charge in [0.15, 0.2) is 17.5 Å². The van der Waals surface area contributed by atoms with E-state index < -0.39 is 0 Å². The van der Waals surface area contributed by atoms with Crippen LogP contribution in [0.1, 0.15) is 50.0 Å². The number of hydrogen-bond acceptors (Lipinski definition) is 3. The number of hydrogen-bond donors (Lipinski definition) is 2. The summed E-state index contributed by atoms with van der Waals surface area (Å²) >= 11 is 0. The molecule has 0 spiro atoms. The van der Waals surface area contributed by atoms with Gasteiger partial charge in [-0.2, -0.15) is 0 Å². The zero-order valence-electron chi connectivity index (χ0n) is 17.6. The van der Waals surface area contributed by atoms with Crippen molar-refractivity contribution in [2.24, 2.45) is 10.9 Å². The molecule has 0 aliphatic heterocycles. The van der Waals surface area contributed by atoms with Crippen molar-refractivity contribution >= 4 is 5.96 Å². The van der Waals surface area contributed by atoms with Gasteiger partial charge in [0.05, 0.1) is 12.6 Å². The van der Waals surface area contributed by atoms with Crippen LogP contribution in [-0.2, 0) is 6.54 Å². The second kappa shape index (κ2) is 10.3. The molecular formula is C22H32FN5O. The normalized spacial score (nSPS) is 15.2. The molecule has 1 aliphatic carbocycles. The van der Waals surface area contributed by atoms with Crippen LogP contribution in [-0.4, -0.2) is 35.7 Å². The number of nitrogens with zero attached hydrogens (tertiary/aromatic N) is 3. The van der Waals surface area contributed by atoms with Gasteiger partial charge in [-0.15, -0.1) is 0 Å². The average molecular weight is 402 g/mol. The van der Waals surface area contributed by atoms with Crippen molar-refractivity contribution < 1.29 is 9.13 Å². The molecule has 0 amide bonds. The summed E-state index contributed by atoms with van der Waals surface area (Å²) in [6, 6.07) is 5.10. The summed E-state index contributed by atoms with van der Waals surface area (Å²) in [5.74, 6) is 2.39. The second-order valence-corrected chi connectivity index (χ2v) is 7.68. The number of guanidine groups is 1. The highest BCUT2D eigenvalue weighted by molar-refractivity contribution is 5.80. The van der Waals surface area contributed by atoms with Crippen molar-refractivity contribution in [1.82, 2.24) is 20.2 Å². The summed E-state index contributed by atoms with van der Waals surface area (Å²) in [6.07, 6.45) is 8.30. The fourth-order valence-corrected chi connectivity index (χ4v) is 3.13. The first-order valence-corrected chi connectivity index (χ1v) is 10.4. The van der Waals surface area contributed by atoms with E-state index in [0.29, 0.717) is 24.2 Å². The summed E-state index contributed by atoms with van der Waals surface area (Å²) in [5.41, 5.74) is 0.861. The Morgan fingerprint density at radius 3 is 2.86 bits per heavy atom. The number of aryl methyl sites for hydroxylation is 2. The van der Waals surface area contributed by atoms with Crippen molar-refractivity contribution in [2.45, 2.75) is 52.1 Å². The third-order valence-corrected chi connectivity index (χ3v) is 5.25.